The van der Waals surface area contributed by atoms with E-state index in [9.17, 15) is 8.42 Å². The quantitative estimate of drug-likeness (QED) is 0.855. The van der Waals surface area contributed by atoms with Crippen molar-refractivity contribution in [3.05, 3.63) is 17.8 Å². The lowest BCUT2D eigenvalue weighted by atomic mass is 9.93. The number of aromatic nitrogens is 1. The van der Waals surface area contributed by atoms with Crippen molar-refractivity contribution in [2.24, 2.45) is 5.41 Å². The third-order valence-corrected chi connectivity index (χ3v) is 6.76. The van der Waals surface area contributed by atoms with E-state index < -0.39 is 9.84 Å². The van der Waals surface area contributed by atoms with E-state index >= 15 is 0 Å². The molecule has 4 nitrogen and oxygen atoms in total. The first-order valence-electron chi connectivity index (χ1n) is 6.33. The highest BCUT2D eigenvalue weighted by Gasteiger charge is 2.44. The van der Waals surface area contributed by atoms with Crippen molar-refractivity contribution in [1.29, 1.82) is 0 Å². The van der Waals surface area contributed by atoms with E-state index in [2.05, 4.69) is 25.8 Å². The molecule has 6 heteroatoms. The molecule has 0 radical (unpaired) electrons. The summed E-state index contributed by atoms with van der Waals surface area (Å²) in [5.41, 5.74) is 0.893. The van der Waals surface area contributed by atoms with Crippen LogP contribution in [0.4, 0.5) is 0 Å². The van der Waals surface area contributed by atoms with E-state index in [-0.39, 0.29) is 10.8 Å². The molecule has 0 aliphatic carbocycles. The minimum Gasteiger partial charge on any atom is -0.448 e. The van der Waals surface area contributed by atoms with E-state index in [4.69, 9.17) is 4.42 Å². The van der Waals surface area contributed by atoms with Gasteiger partial charge in [-0.1, -0.05) is 27.7 Å². The smallest absolute Gasteiger partial charge is 0.204 e. The van der Waals surface area contributed by atoms with Gasteiger partial charge in [0.15, 0.2) is 9.84 Å². The summed E-state index contributed by atoms with van der Waals surface area (Å²) >= 11 is 1.69. The molecule has 0 amide bonds. The monoisotopic (exact) mass is 303 g/mol. The van der Waals surface area contributed by atoms with E-state index in [0.717, 1.165) is 17.3 Å². The molecule has 1 aliphatic heterocycles. The molecule has 0 spiro atoms. The van der Waals surface area contributed by atoms with Crippen molar-refractivity contribution in [2.75, 3.05) is 17.3 Å². The van der Waals surface area contributed by atoms with Crippen LogP contribution in [-0.4, -0.2) is 30.7 Å². The van der Waals surface area contributed by atoms with Crippen LogP contribution in [0.15, 0.2) is 10.7 Å². The molecular formula is C13H21NO3S2. The van der Waals surface area contributed by atoms with Gasteiger partial charge in [0.1, 0.15) is 6.26 Å². The largest absolute Gasteiger partial charge is 0.448 e. The normalized spacial score (nSPS) is 21.1. The maximum atomic E-state index is 11.2. The summed E-state index contributed by atoms with van der Waals surface area (Å²) in [4.78, 5) is 4.47. The molecule has 0 atom stereocenters. The van der Waals surface area contributed by atoms with Gasteiger partial charge in [-0.05, 0) is 0 Å². The standard InChI is InChI=1S/C13H21NO3S2/c1-12(2,3)10-5-17-11(14-10)6-18-7-13(4)8-19(15,16)9-13/h5H,6-9H2,1-4H3. The van der Waals surface area contributed by atoms with Gasteiger partial charge in [-0.15, -0.1) is 0 Å². The number of oxazole rings is 1. The Kier molecular flexibility index (Phi) is 3.77. The first-order chi connectivity index (χ1) is 8.60. The van der Waals surface area contributed by atoms with Crippen molar-refractivity contribution in [3.8, 4) is 0 Å². The predicted octanol–water partition coefficient (Wildman–Crippen LogP) is 2.64. The highest BCUT2D eigenvalue weighted by Crippen LogP contribution is 2.36. The van der Waals surface area contributed by atoms with Crippen molar-refractivity contribution in [2.45, 2.75) is 38.9 Å². The van der Waals surface area contributed by atoms with Gasteiger partial charge in [-0.2, -0.15) is 11.8 Å². The third-order valence-electron chi connectivity index (χ3n) is 3.13. The zero-order valence-electron chi connectivity index (χ0n) is 11.9. The van der Waals surface area contributed by atoms with Crippen LogP contribution in [0, 0.1) is 5.41 Å². The van der Waals surface area contributed by atoms with Crippen LogP contribution in [-0.2, 0) is 21.0 Å². The van der Waals surface area contributed by atoms with Crippen LogP contribution in [0.25, 0.3) is 0 Å². The van der Waals surface area contributed by atoms with E-state index in [1.807, 2.05) is 6.92 Å². The van der Waals surface area contributed by atoms with Crippen LogP contribution in [0.5, 0.6) is 0 Å². The average Bonchev–Trinajstić information content (AvgIpc) is 2.62. The number of sulfone groups is 1. The van der Waals surface area contributed by atoms with Gasteiger partial charge in [-0.3, -0.25) is 0 Å². The molecule has 0 unspecified atom stereocenters. The van der Waals surface area contributed by atoms with Crippen LogP contribution < -0.4 is 0 Å². The lowest BCUT2D eigenvalue weighted by Crippen LogP contribution is -2.48. The first-order valence-corrected chi connectivity index (χ1v) is 9.30. The molecule has 108 valence electrons. The molecule has 1 saturated heterocycles. The Morgan fingerprint density at radius 2 is 2.05 bits per heavy atom. The SMILES string of the molecule is CC1(CSCc2nc(C(C)(C)C)co2)CS(=O)(=O)C1. The summed E-state index contributed by atoms with van der Waals surface area (Å²) in [7, 11) is -2.75. The van der Waals surface area contributed by atoms with Crippen LogP contribution in [0.3, 0.4) is 0 Å². The first kappa shape index (κ1) is 14.9. The highest BCUT2D eigenvalue weighted by atomic mass is 32.2. The third kappa shape index (κ3) is 3.75. The van der Waals surface area contributed by atoms with Crippen LogP contribution in [0.2, 0.25) is 0 Å². The maximum absolute atomic E-state index is 11.2. The molecule has 1 aromatic rings. The van der Waals surface area contributed by atoms with E-state index in [1.165, 1.54) is 0 Å². The number of nitrogens with zero attached hydrogens (tertiary/aromatic N) is 1. The molecule has 0 aromatic carbocycles. The topological polar surface area (TPSA) is 60.2 Å². The maximum Gasteiger partial charge on any atom is 0.204 e. The second kappa shape index (κ2) is 4.81. The number of rotatable bonds is 4. The summed E-state index contributed by atoms with van der Waals surface area (Å²) in [6, 6.07) is 0. The predicted molar refractivity (Wildman–Crippen MR) is 78.1 cm³/mol. The van der Waals surface area contributed by atoms with Crippen molar-refractivity contribution < 1.29 is 12.8 Å². The Morgan fingerprint density at radius 3 is 2.53 bits per heavy atom. The summed E-state index contributed by atoms with van der Waals surface area (Å²) < 4.78 is 27.9. The molecular weight excluding hydrogens is 282 g/mol. The highest BCUT2D eigenvalue weighted by molar-refractivity contribution is 7.98. The Balaban J connectivity index is 1.82. The molecule has 2 rings (SSSR count). The minimum absolute atomic E-state index is 0.000443. The van der Waals surface area contributed by atoms with Gasteiger partial charge in [0.05, 0.1) is 23.0 Å². The van der Waals surface area contributed by atoms with Crippen molar-refractivity contribution >= 4 is 21.6 Å². The molecule has 1 fully saturated rings. The number of hydrogen-bond donors (Lipinski definition) is 0. The Morgan fingerprint density at radius 1 is 1.42 bits per heavy atom. The average molecular weight is 303 g/mol. The second-order valence-corrected chi connectivity index (χ2v) is 9.76. The van der Waals surface area contributed by atoms with Crippen molar-refractivity contribution in [1.82, 2.24) is 4.98 Å². The second-order valence-electron chi connectivity index (χ2n) is 6.71. The molecule has 2 heterocycles. The minimum atomic E-state index is -2.75. The summed E-state index contributed by atoms with van der Waals surface area (Å²) in [5, 5.41) is 0. The fraction of sp³-hybridized carbons (Fsp3) is 0.769. The molecule has 19 heavy (non-hydrogen) atoms. The number of thioether (sulfide) groups is 1. The molecule has 1 aliphatic rings. The fourth-order valence-electron chi connectivity index (χ4n) is 2.21. The van der Waals surface area contributed by atoms with Gasteiger partial charge in [0, 0.05) is 16.6 Å². The van der Waals surface area contributed by atoms with E-state index in [0.29, 0.717) is 17.3 Å². The lowest BCUT2D eigenvalue weighted by molar-refractivity contribution is 0.419. The van der Waals surface area contributed by atoms with Crippen LogP contribution >= 0.6 is 11.8 Å². The Labute approximate surface area is 119 Å². The van der Waals surface area contributed by atoms with Gasteiger partial charge in [-0.25, -0.2) is 13.4 Å². The fourth-order valence-corrected chi connectivity index (χ4v) is 5.82. The summed E-state index contributed by atoms with van der Waals surface area (Å²) in [6.07, 6.45) is 1.71. The Bertz CT molecular complexity index is 543. The Hall–Kier alpha value is -0.490. The summed E-state index contributed by atoms with van der Waals surface area (Å²) in [6.45, 7) is 8.32. The van der Waals surface area contributed by atoms with Gasteiger partial charge in [0.2, 0.25) is 5.89 Å². The molecule has 0 bridgehead atoms. The van der Waals surface area contributed by atoms with Crippen molar-refractivity contribution in [3.63, 3.8) is 0 Å². The van der Waals surface area contributed by atoms with Gasteiger partial charge in [0.25, 0.3) is 0 Å². The van der Waals surface area contributed by atoms with Crippen LogP contribution in [0.1, 0.15) is 39.3 Å². The zero-order chi connectivity index (χ0) is 14.3. The summed E-state index contributed by atoms with van der Waals surface area (Å²) in [5.74, 6) is 2.88. The van der Waals surface area contributed by atoms with Gasteiger partial charge < -0.3 is 4.42 Å². The van der Waals surface area contributed by atoms with E-state index in [1.54, 1.807) is 18.0 Å². The molecule has 0 saturated carbocycles. The lowest BCUT2D eigenvalue weighted by Gasteiger charge is -2.37. The molecule has 1 aromatic heterocycles. The molecule has 0 N–H and O–H groups in total. The van der Waals surface area contributed by atoms with Gasteiger partial charge >= 0.3 is 0 Å². The number of hydrogen-bond acceptors (Lipinski definition) is 5. The zero-order valence-corrected chi connectivity index (χ0v) is 13.5.